The minimum atomic E-state index is -1.50. The van der Waals surface area contributed by atoms with Crippen molar-refractivity contribution in [3.8, 4) is 5.75 Å². The molecule has 0 aliphatic rings. The highest BCUT2D eigenvalue weighted by molar-refractivity contribution is 5.94. The number of phenolic OH excluding ortho intramolecular Hbond substituents is 1. The summed E-state index contributed by atoms with van der Waals surface area (Å²) in [4.78, 5) is 64.6. The Bertz CT molecular complexity index is 1030. The number of carboxylic acid groups (broad SMARTS) is 1. The van der Waals surface area contributed by atoms with Crippen molar-refractivity contribution in [1.82, 2.24) is 16.0 Å². The summed E-state index contributed by atoms with van der Waals surface area (Å²) < 4.78 is 0. The normalized spacial score (nSPS) is 13.7. The number of aliphatic imine (C=N–C) groups is 1. The number of amides is 4. The van der Waals surface area contributed by atoms with Gasteiger partial charge in [0.2, 0.25) is 23.6 Å². The number of primary amides is 1. The first kappa shape index (κ1) is 32.6. The third-order valence-electron chi connectivity index (χ3n) is 5.42. The van der Waals surface area contributed by atoms with E-state index in [4.69, 9.17) is 22.9 Å². The van der Waals surface area contributed by atoms with Gasteiger partial charge in [-0.1, -0.05) is 12.1 Å². The van der Waals surface area contributed by atoms with Crippen molar-refractivity contribution >= 4 is 35.6 Å². The Morgan fingerprint density at radius 2 is 1.41 bits per heavy atom. The van der Waals surface area contributed by atoms with Gasteiger partial charge in [-0.05, 0) is 37.0 Å². The molecule has 14 N–H and O–H groups in total. The Morgan fingerprint density at radius 1 is 0.846 bits per heavy atom. The van der Waals surface area contributed by atoms with Gasteiger partial charge in [0.1, 0.15) is 23.9 Å². The van der Waals surface area contributed by atoms with Crippen LogP contribution in [0.5, 0.6) is 5.75 Å². The maximum absolute atomic E-state index is 13.0. The molecule has 4 atom stereocenters. The molecule has 0 spiro atoms. The van der Waals surface area contributed by atoms with E-state index >= 15 is 0 Å². The van der Waals surface area contributed by atoms with E-state index in [1.807, 2.05) is 0 Å². The number of aliphatic carboxylic acids is 1. The topological polar surface area (TPSA) is 299 Å². The Hall–Kier alpha value is -4.44. The number of aliphatic hydroxyl groups excluding tert-OH is 1. The number of carbonyl (C=O) groups is 5. The van der Waals surface area contributed by atoms with Gasteiger partial charge in [-0.3, -0.25) is 24.2 Å². The van der Waals surface area contributed by atoms with Crippen LogP contribution in [0.4, 0.5) is 0 Å². The fourth-order valence-corrected chi connectivity index (χ4v) is 3.29. The molecule has 0 saturated heterocycles. The average Bonchev–Trinajstić information content (AvgIpc) is 2.87. The quantitative estimate of drug-likeness (QED) is 0.0506. The second-order valence-electron chi connectivity index (χ2n) is 8.64. The molecule has 0 aromatic heterocycles. The van der Waals surface area contributed by atoms with Crippen LogP contribution in [-0.4, -0.2) is 88.2 Å². The number of aliphatic hydroxyl groups is 1. The standard InChI is InChI=1S/C23H36N8O8/c24-14(7-8-18(25)34)19(35)31-17(11-32)21(37)29-15(2-1-9-28-23(26)27)20(36)30-16(22(38)39)10-12-3-5-13(33)6-4-12/h3-6,14-17,32-33H,1-2,7-11,24H2,(H2,25,34)(H,29,37)(H,30,36)(H,31,35)(H,38,39)(H4,26,27,28)/t14-,15-,16-,17-/m0/s1. The highest BCUT2D eigenvalue weighted by Gasteiger charge is 2.30. The lowest BCUT2D eigenvalue weighted by Gasteiger charge is -2.24. The summed E-state index contributed by atoms with van der Waals surface area (Å²) in [5, 5.41) is 35.7. The SMILES string of the molecule is NC(=O)CC[C@H](N)C(=O)N[C@@H](CO)C(=O)N[C@@H](CCCN=C(N)N)C(=O)N[C@@H](Cc1ccc(O)cc1)C(=O)O. The van der Waals surface area contributed by atoms with Crippen LogP contribution < -0.4 is 38.9 Å². The van der Waals surface area contributed by atoms with E-state index in [1.54, 1.807) is 0 Å². The van der Waals surface area contributed by atoms with E-state index in [0.29, 0.717) is 5.56 Å². The van der Waals surface area contributed by atoms with Crippen LogP contribution in [0.2, 0.25) is 0 Å². The fraction of sp³-hybridized carbons (Fsp3) is 0.478. The smallest absolute Gasteiger partial charge is 0.326 e. The molecule has 4 amide bonds. The molecule has 0 aliphatic carbocycles. The minimum Gasteiger partial charge on any atom is -0.508 e. The van der Waals surface area contributed by atoms with Crippen molar-refractivity contribution in [3.05, 3.63) is 29.8 Å². The van der Waals surface area contributed by atoms with E-state index in [9.17, 15) is 39.3 Å². The molecule has 0 heterocycles. The van der Waals surface area contributed by atoms with Gasteiger partial charge in [-0.2, -0.15) is 0 Å². The maximum Gasteiger partial charge on any atom is 0.326 e. The summed E-state index contributed by atoms with van der Waals surface area (Å²) in [7, 11) is 0. The Labute approximate surface area is 224 Å². The van der Waals surface area contributed by atoms with Crippen molar-refractivity contribution in [2.24, 2.45) is 27.9 Å². The summed E-state index contributed by atoms with van der Waals surface area (Å²) in [6.07, 6.45) is -0.190. The second kappa shape index (κ2) is 16.4. The number of hydrogen-bond donors (Lipinski definition) is 10. The highest BCUT2D eigenvalue weighted by atomic mass is 16.4. The maximum atomic E-state index is 13.0. The van der Waals surface area contributed by atoms with Gasteiger partial charge in [0.25, 0.3) is 0 Å². The van der Waals surface area contributed by atoms with Gasteiger partial charge in [0.05, 0.1) is 12.6 Å². The molecule has 0 unspecified atom stereocenters. The largest absolute Gasteiger partial charge is 0.508 e. The summed E-state index contributed by atoms with van der Waals surface area (Å²) in [6, 6.07) is 0.367. The highest BCUT2D eigenvalue weighted by Crippen LogP contribution is 2.12. The molecule has 1 aromatic carbocycles. The monoisotopic (exact) mass is 552 g/mol. The van der Waals surface area contributed by atoms with E-state index in [0.717, 1.165) is 0 Å². The molecule has 0 bridgehead atoms. The third-order valence-corrected chi connectivity index (χ3v) is 5.42. The average molecular weight is 553 g/mol. The molecule has 0 fully saturated rings. The summed E-state index contributed by atoms with van der Waals surface area (Å²) >= 11 is 0. The first-order chi connectivity index (χ1) is 18.3. The Kier molecular flexibility index (Phi) is 13.7. The number of phenols is 1. The minimum absolute atomic E-state index is 0.0161. The van der Waals surface area contributed by atoms with Crippen LogP contribution in [0.3, 0.4) is 0 Å². The van der Waals surface area contributed by atoms with Crippen LogP contribution in [0.15, 0.2) is 29.3 Å². The number of rotatable bonds is 17. The summed E-state index contributed by atoms with van der Waals surface area (Å²) in [6.45, 7) is -0.742. The number of guanidine groups is 1. The lowest BCUT2D eigenvalue weighted by Crippen LogP contribution is -2.58. The predicted octanol–water partition coefficient (Wildman–Crippen LogP) is -3.89. The molecular formula is C23H36N8O8. The summed E-state index contributed by atoms with van der Waals surface area (Å²) in [5.41, 5.74) is 21.8. The van der Waals surface area contributed by atoms with Crippen LogP contribution in [0.1, 0.15) is 31.2 Å². The molecule has 16 nitrogen and oxygen atoms in total. The summed E-state index contributed by atoms with van der Waals surface area (Å²) in [5.74, 6) is -4.84. The van der Waals surface area contributed by atoms with Gasteiger partial charge in [0, 0.05) is 19.4 Å². The van der Waals surface area contributed by atoms with Crippen LogP contribution in [0.25, 0.3) is 0 Å². The van der Waals surface area contributed by atoms with E-state index in [-0.39, 0.29) is 50.4 Å². The molecule has 39 heavy (non-hydrogen) atoms. The fourth-order valence-electron chi connectivity index (χ4n) is 3.29. The van der Waals surface area contributed by atoms with Crippen LogP contribution in [0, 0.1) is 0 Å². The molecule has 0 saturated carbocycles. The van der Waals surface area contributed by atoms with Crippen LogP contribution in [-0.2, 0) is 30.4 Å². The van der Waals surface area contributed by atoms with E-state index < -0.39 is 60.4 Å². The van der Waals surface area contributed by atoms with Crippen molar-refractivity contribution in [3.63, 3.8) is 0 Å². The predicted molar refractivity (Wildman–Crippen MR) is 139 cm³/mol. The molecule has 1 rings (SSSR count). The number of benzene rings is 1. The lowest BCUT2D eigenvalue weighted by atomic mass is 10.0. The molecular weight excluding hydrogens is 516 g/mol. The van der Waals surface area contributed by atoms with Gasteiger partial charge in [0.15, 0.2) is 5.96 Å². The number of nitrogens with two attached hydrogens (primary N) is 4. The van der Waals surface area contributed by atoms with Gasteiger partial charge in [-0.15, -0.1) is 0 Å². The van der Waals surface area contributed by atoms with Crippen molar-refractivity contribution in [1.29, 1.82) is 0 Å². The zero-order valence-corrected chi connectivity index (χ0v) is 21.2. The Morgan fingerprint density at radius 3 is 1.95 bits per heavy atom. The number of nitrogens with zero attached hydrogens (tertiary/aromatic N) is 1. The molecule has 0 aliphatic heterocycles. The van der Waals surface area contributed by atoms with Gasteiger partial charge in [-0.25, -0.2) is 4.79 Å². The number of nitrogens with one attached hydrogen (secondary N) is 3. The zero-order chi connectivity index (χ0) is 29.5. The van der Waals surface area contributed by atoms with E-state index in [1.165, 1.54) is 24.3 Å². The van der Waals surface area contributed by atoms with Gasteiger partial charge < -0.3 is 54.2 Å². The van der Waals surface area contributed by atoms with Gasteiger partial charge >= 0.3 is 5.97 Å². The van der Waals surface area contributed by atoms with Crippen LogP contribution >= 0.6 is 0 Å². The molecule has 16 heteroatoms. The number of aromatic hydroxyl groups is 1. The second-order valence-corrected chi connectivity index (χ2v) is 8.64. The third kappa shape index (κ3) is 12.6. The molecule has 1 aromatic rings. The number of hydrogen-bond acceptors (Lipinski definition) is 9. The van der Waals surface area contributed by atoms with E-state index in [2.05, 4.69) is 20.9 Å². The first-order valence-corrected chi connectivity index (χ1v) is 12.0. The first-order valence-electron chi connectivity index (χ1n) is 12.0. The number of carboxylic acids is 1. The van der Waals surface area contributed by atoms with Crippen molar-refractivity contribution < 1.29 is 39.3 Å². The van der Waals surface area contributed by atoms with Crippen molar-refractivity contribution in [2.45, 2.75) is 56.3 Å². The number of carbonyl (C=O) groups excluding carboxylic acids is 4. The molecule has 216 valence electrons. The van der Waals surface area contributed by atoms with Crippen molar-refractivity contribution in [2.75, 3.05) is 13.2 Å². The zero-order valence-electron chi connectivity index (χ0n) is 21.2. The lowest BCUT2D eigenvalue weighted by molar-refractivity contribution is -0.142. The molecule has 0 radical (unpaired) electrons. The Balaban J connectivity index is 2.97.